The van der Waals surface area contributed by atoms with Gasteiger partial charge in [0.25, 0.3) is 0 Å². The van der Waals surface area contributed by atoms with Crippen LogP contribution in [0.15, 0.2) is 30.5 Å². The van der Waals surface area contributed by atoms with Gasteiger partial charge < -0.3 is 15.8 Å². The summed E-state index contributed by atoms with van der Waals surface area (Å²) < 4.78 is 5.72. The molecule has 0 saturated carbocycles. The average molecular weight is 257 g/mol. The SMILES string of the molecule is CC(Nc1ccc(N)c2ncccc12)C1CCCO1. The molecular formula is C15H19N3O. The Morgan fingerprint density at radius 1 is 1.42 bits per heavy atom. The first-order valence-corrected chi connectivity index (χ1v) is 6.77. The number of aromatic nitrogens is 1. The van der Waals surface area contributed by atoms with Crippen LogP contribution in [0.5, 0.6) is 0 Å². The Hall–Kier alpha value is -1.81. The maximum absolute atomic E-state index is 5.96. The third-order valence-electron chi connectivity index (χ3n) is 3.71. The van der Waals surface area contributed by atoms with Crippen molar-refractivity contribution in [3.63, 3.8) is 0 Å². The fourth-order valence-corrected chi connectivity index (χ4v) is 2.66. The molecule has 2 atom stereocenters. The fraction of sp³-hybridized carbons (Fsp3) is 0.400. The Balaban J connectivity index is 1.90. The molecule has 100 valence electrons. The van der Waals surface area contributed by atoms with Gasteiger partial charge in [0.05, 0.1) is 17.3 Å². The van der Waals surface area contributed by atoms with E-state index in [0.29, 0.717) is 11.8 Å². The number of nitrogens with zero attached hydrogens (tertiary/aromatic N) is 1. The summed E-state index contributed by atoms with van der Waals surface area (Å²) in [6, 6.07) is 8.19. The number of rotatable bonds is 3. The highest BCUT2D eigenvalue weighted by molar-refractivity contribution is 5.98. The summed E-state index contributed by atoms with van der Waals surface area (Å²) in [5.41, 5.74) is 8.60. The number of nitrogens with two attached hydrogens (primary N) is 1. The zero-order chi connectivity index (χ0) is 13.2. The van der Waals surface area contributed by atoms with E-state index in [-0.39, 0.29) is 6.04 Å². The Morgan fingerprint density at radius 3 is 3.11 bits per heavy atom. The van der Waals surface area contributed by atoms with Crippen molar-refractivity contribution in [1.29, 1.82) is 0 Å². The Bertz CT molecular complexity index is 579. The van der Waals surface area contributed by atoms with Crippen LogP contribution in [0.4, 0.5) is 11.4 Å². The summed E-state index contributed by atoms with van der Waals surface area (Å²) in [6.45, 7) is 3.04. The number of hydrogen-bond acceptors (Lipinski definition) is 4. The van der Waals surface area contributed by atoms with Crippen molar-refractivity contribution < 1.29 is 4.74 Å². The van der Waals surface area contributed by atoms with Gasteiger partial charge in [-0.15, -0.1) is 0 Å². The summed E-state index contributed by atoms with van der Waals surface area (Å²) >= 11 is 0. The summed E-state index contributed by atoms with van der Waals surface area (Å²) in [6.07, 6.45) is 4.34. The van der Waals surface area contributed by atoms with Crippen molar-refractivity contribution in [2.24, 2.45) is 0 Å². The molecule has 1 saturated heterocycles. The highest BCUT2D eigenvalue weighted by Crippen LogP contribution is 2.28. The van der Waals surface area contributed by atoms with Crippen LogP contribution >= 0.6 is 0 Å². The van der Waals surface area contributed by atoms with Crippen LogP contribution in [0.25, 0.3) is 10.9 Å². The molecule has 1 aromatic heterocycles. The molecule has 2 aromatic rings. The lowest BCUT2D eigenvalue weighted by Crippen LogP contribution is -2.30. The second kappa shape index (κ2) is 5.05. The molecule has 2 unspecified atom stereocenters. The van der Waals surface area contributed by atoms with Gasteiger partial charge in [0.2, 0.25) is 0 Å². The zero-order valence-electron chi connectivity index (χ0n) is 11.1. The lowest BCUT2D eigenvalue weighted by atomic mass is 10.1. The molecule has 4 heteroatoms. The topological polar surface area (TPSA) is 60.2 Å². The van der Waals surface area contributed by atoms with Crippen molar-refractivity contribution in [2.75, 3.05) is 17.7 Å². The van der Waals surface area contributed by atoms with E-state index in [4.69, 9.17) is 10.5 Å². The van der Waals surface area contributed by atoms with Gasteiger partial charge in [-0.05, 0) is 44.0 Å². The van der Waals surface area contributed by atoms with Crippen LogP contribution in [0, 0.1) is 0 Å². The molecule has 1 fully saturated rings. The number of fused-ring (bicyclic) bond motifs is 1. The molecule has 1 aromatic carbocycles. The van der Waals surface area contributed by atoms with E-state index in [1.165, 1.54) is 0 Å². The first-order valence-electron chi connectivity index (χ1n) is 6.77. The Morgan fingerprint density at radius 2 is 2.32 bits per heavy atom. The highest BCUT2D eigenvalue weighted by atomic mass is 16.5. The van der Waals surface area contributed by atoms with Crippen LogP contribution in [-0.4, -0.2) is 23.7 Å². The quantitative estimate of drug-likeness (QED) is 0.830. The van der Waals surface area contributed by atoms with Crippen LogP contribution < -0.4 is 11.1 Å². The van der Waals surface area contributed by atoms with Gasteiger partial charge in [-0.1, -0.05) is 0 Å². The van der Waals surface area contributed by atoms with E-state index in [9.17, 15) is 0 Å². The van der Waals surface area contributed by atoms with Gasteiger partial charge in [-0.2, -0.15) is 0 Å². The zero-order valence-corrected chi connectivity index (χ0v) is 11.1. The molecule has 1 aliphatic rings. The van der Waals surface area contributed by atoms with E-state index < -0.39 is 0 Å². The van der Waals surface area contributed by atoms with Crippen molar-refractivity contribution in [3.05, 3.63) is 30.5 Å². The number of hydrogen-bond donors (Lipinski definition) is 2. The molecule has 0 aliphatic carbocycles. The molecule has 1 aliphatic heterocycles. The van der Waals surface area contributed by atoms with Crippen molar-refractivity contribution in [1.82, 2.24) is 4.98 Å². The number of nitrogen functional groups attached to an aromatic ring is 1. The first kappa shape index (κ1) is 12.2. The molecule has 3 N–H and O–H groups in total. The van der Waals surface area contributed by atoms with E-state index >= 15 is 0 Å². The van der Waals surface area contributed by atoms with Gasteiger partial charge >= 0.3 is 0 Å². The number of pyridine rings is 1. The van der Waals surface area contributed by atoms with E-state index in [0.717, 1.165) is 36.0 Å². The summed E-state index contributed by atoms with van der Waals surface area (Å²) in [5, 5.41) is 4.60. The van der Waals surface area contributed by atoms with Gasteiger partial charge in [0.15, 0.2) is 0 Å². The third-order valence-corrected chi connectivity index (χ3v) is 3.71. The lowest BCUT2D eigenvalue weighted by molar-refractivity contribution is 0.0997. The maximum Gasteiger partial charge on any atom is 0.0951 e. The summed E-state index contributed by atoms with van der Waals surface area (Å²) in [4.78, 5) is 4.35. The second-order valence-corrected chi connectivity index (χ2v) is 5.09. The predicted molar refractivity (Wildman–Crippen MR) is 78.2 cm³/mol. The Labute approximate surface area is 113 Å². The van der Waals surface area contributed by atoms with Crippen LogP contribution in [0.3, 0.4) is 0 Å². The number of ether oxygens (including phenoxy) is 1. The van der Waals surface area contributed by atoms with Crippen LogP contribution in [0.2, 0.25) is 0 Å². The minimum absolute atomic E-state index is 0.287. The van der Waals surface area contributed by atoms with Crippen LogP contribution in [0.1, 0.15) is 19.8 Å². The van der Waals surface area contributed by atoms with E-state index in [2.05, 4.69) is 17.2 Å². The fourth-order valence-electron chi connectivity index (χ4n) is 2.66. The molecule has 0 bridgehead atoms. The number of nitrogens with one attached hydrogen (secondary N) is 1. The third kappa shape index (κ3) is 2.36. The monoisotopic (exact) mass is 257 g/mol. The molecule has 4 nitrogen and oxygen atoms in total. The molecule has 19 heavy (non-hydrogen) atoms. The van der Waals surface area contributed by atoms with E-state index in [1.54, 1.807) is 6.20 Å². The predicted octanol–water partition coefficient (Wildman–Crippen LogP) is 2.80. The standard InChI is InChI=1S/C15H19N3O/c1-10(14-5-3-9-19-14)18-13-7-6-12(16)15-11(13)4-2-8-17-15/h2,4,6-8,10,14,18H,3,5,9,16H2,1H3. The Kier molecular flexibility index (Phi) is 3.25. The summed E-state index contributed by atoms with van der Waals surface area (Å²) in [5.74, 6) is 0. The van der Waals surface area contributed by atoms with Crippen molar-refractivity contribution in [2.45, 2.75) is 31.9 Å². The highest BCUT2D eigenvalue weighted by Gasteiger charge is 2.22. The minimum Gasteiger partial charge on any atom is -0.397 e. The van der Waals surface area contributed by atoms with E-state index in [1.807, 2.05) is 24.3 Å². The van der Waals surface area contributed by atoms with Crippen molar-refractivity contribution in [3.8, 4) is 0 Å². The number of anilines is 2. The normalized spacial score (nSPS) is 20.6. The molecule has 3 rings (SSSR count). The summed E-state index contributed by atoms with van der Waals surface area (Å²) in [7, 11) is 0. The average Bonchev–Trinajstić information content (AvgIpc) is 2.96. The van der Waals surface area contributed by atoms with Crippen molar-refractivity contribution >= 4 is 22.3 Å². The smallest absolute Gasteiger partial charge is 0.0951 e. The molecule has 0 amide bonds. The maximum atomic E-state index is 5.96. The van der Waals surface area contributed by atoms with Gasteiger partial charge in [0.1, 0.15) is 0 Å². The minimum atomic E-state index is 0.287. The van der Waals surface area contributed by atoms with Gasteiger partial charge in [0, 0.05) is 29.9 Å². The number of benzene rings is 1. The van der Waals surface area contributed by atoms with Gasteiger partial charge in [-0.3, -0.25) is 4.98 Å². The first-order chi connectivity index (χ1) is 9.25. The molecule has 0 radical (unpaired) electrons. The molecular weight excluding hydrogens is 238 g/mol. The van der Waals surface area contributed by atoms with Gasteiger partial charge in [-0.25, -0.2) is 0 Å². The van der Waals surface area contributed by atoms with Crippen LogP contribution in [-0.2, 0) is 4.74 Å². The molecule has 2 heterocycles. The molecule has 0 spiro atoms. The lowest BCUT2D eigenvalue weighted by Gasteiger charge is -2.22. The second-order valence-electron chi connectivity index (χ2n) is 5.09. The largest absolute Gasteiger partial charge is 0.397 e.